The van der Waals surface area contributed by atoms with E-state index >= 15 is 0 Å². The van der Waals surface area contributed by atoms with Gasteiger partial charge in [-0.2, -0.15) is 0 Å². The van der Waals surface area contributed by atoms with E-state index in [4.69, 9.17) is 0 Å². The van der Waals surface area contributed by atoms with Crippen LogP contribution in [0.4, 0.5) is 22.9 Å². The van der Waals surface area contributed by atoms with E-state index < -0.39 is 10.9 Å². The van der Waals surface area contributed by atoms with Gasteiger partial charge in [-0.05, 0) is 38.0 Å². The van der Waals surface area contributed by atoms with Gasteiger partial charge < -0.3 is 16.0 Å². The molecule has 1 saturated carbocycles. The second-order valence-electron chi connectivity index (χ2n) is 8.44. The maximum atomic E-state index is 12.2. The zero-order valence-corrected chi connectivity index (χ0v) is 18.6. The van der Waals surface area contributed by atoms with Crippen LogP contribution in [0.25, 0.3) is 0 Å². The van der Waals surface area contributed by atoms with Gasteiger partial charge in [-0.25, -0.2) is 4.98 Å². The molecular weight excluding hydrogens is 418 g/mol. The van der Waals surface area contributed by atoms with Crippen LogP contribution in [0.5, 0.6) is 0 Å². The van der Waals surface area contributed by atoms with Crippen LogP contribution >= 0.6 is 0 Å². The SMILES string of the molecule is C=C[N+](=O)C1CCCC(Nc2cc(Nc3c(N[C@H](C)c4ccccc4)c(=O)c3=O)ccn2)C1. The molecule has 2 unspecified atom stereocenters. The van der Waals surface area contributed by atoms with Crippen LogP contribution in [0.2, 0.25) is 0 Å². The van der Waals surface area contributed by atoms with Crippen LogP contribution in [-0.2, 0) is 0 Å². The number of rotatable bonds is 9. The van der Waals surface area contributed by atoms with Crippen molar-refractivity contribution in [2.24, 2.45) is 0 Å². The molecule has 3 N–H and O–H groups in total. The van der Waals surface area contributed by atoms with E-state index in [1.165, 1.54) is 6.20 Å². The van der Waals surface area contributed by atoms with Crippen molar-refractivity contribution < 1.29 is 4.76 Å². The lowest BCUT2D eigenvalue weighted by atomic mass is 9.91. The number of nitroso groups, excluding NO2 is 1. The Bertz CT molecular complexity index is 1220. The number of benzene rings is 1. The van der Waals surface area contributed by atoms with Crippen LogP contribution in [-0.4, -0.2) is 21.8 Å². The minimum atomic E-state index is -0.542. The zero-order chi connectivity index (χ0) is 23.4. The summed E-state index contributed by atoms with van der Waals surface area (Å²) in [6, 6.07) is 13.2. The molecule has 3 aromatic rings. The van der Waals surface area contributed by atoms with Gasteiger partial charge in [0.05, 0.1) is 0 Å². The summed E-state index contributed by atoms with van der Waals surface area (Å²) in [7, 11) is 0. The molecule has 0 bridgehead atoms. The lowest BCUT2D eigenvalue weighted by Gasteiger charge is -2.25. The van der Waals surface area contributed by atoms with Crippen molar-refractivity contribution in [2.45, 2.75) is 50.7 Å². The van der Waals surface area contributed by atoms with E-state index in [0.29, 0.717) is 17.9 Å². The van der Waals surface area contributed by atoms with Crippen molar-refractivity contribution in [3.63, 3.8) is 0 Å². The monoisotopic (exact) mass is 446 g/mol. The molecule has 0 amide bonds. The minimum Gasteiger partial charge on any atom is -0.373 e. The van der Waals surface area contributed by atoms with E-state index in [1.807, 2.05) is 37.3 Å². The average Bonchev–Trinajstić information content (AvgIpc) is 2.86. The van der Waals surface area contributed by atoms with Crippen LogP contribution in [0.15, 0.2) is 71.0 Å². The molecule has 1 fully saturated rings. The average molecular weight is 447 g/mol. The predicted octanol–water partition coefficient (Wildman–Crippen LogP) is 4.24. The lowest BCUT2D eigenvalue weighted by Crippen LogP contribution is -2.37. The Labute approximate surface area is 192 Å². The molecule has 0 saturated heterocycles. The maximum Gasteiger partial charge on any atom is 0.253 e. The predicted molar refractivity (Wildman–Crippen MR) is 131 cm³/mol. The number of aromatic nitrogens is 1. The van der Waals surface area contributed by atoms with E-state index in [9.17, 15) is 14.5 Å². The van der Waals surface area contributed by atoms with Crippen molar-refractivity contribution in [1.29, 1.82) is 0 Å². The number of anilines is 4. The molecule has 1 aliphatic carbocycles. The summed E-state index contributed by atoms with van der Waals surface area (Å²) in [5.41, 5.74) is 1.15. The number of pyridine rings is 1. The Hall–Kier alpha value is -3.81. The largest absolute Gasteiger partial charge is 0.373 e. The number of nitrogens with one attached hydrogen (secondary N) is 3. The molecular formula is C25H28N5O3+. The summed E-state index contributed by atoms with van der Waals surface area (Å²) < 4.78 is 0.926. The first-order chi connectivity index (χ1) is 16.0. The fourth-order valence-electron chi connectivity index (χ4n) is 4.31. The fourth-order valence-corrected chi connectivity index (χ4v) is 4.31. The summed E-state index contributed by atoms with van der Waals surface area (Å²) in [4.78, 5) is 40.7. The van der Waals surface area contributed by atoms with Gasteiger partial charge in [-0.1, -0.05) is 30.3 Å². The molecule has 170 valence electrons. The maximum absolute atomic E-state index is 12.2. The summed E-state index contributed by atoms with van der Waals surface area (Å²) in [5, 5.41) is 9.62. The lowest BCUT2D eigenvalue weighted by molar-refractivity contribution is -0.525. The fraction of sp³-hybridized carbons (Fsp3) is 0.320. The smallest absolute Gasteiger partial charge is 0.253 e. The third-order valence-electron chi connectivity index (χ3n) is 6.14. The zero-order valence-electron chi connectivity index (χ0n) is 18.6. The highest BCUT2D eigenvalue weighted by atomic mass is 16.3. The highest BCUT2D eigenvalue weighted by molar-refractivity contribution is 5.79. The minimum absolute atomic E-state index is 0.0842. The molecule has 1 aromatic heterocycles. The molecule has 33 heavy (non-hydrogen) atoms. The molecule has 2 aromatic carbocycles. The number of hydrogen-bond acceptors (Lipinski definition) is 7. The van der Waals surface area contributed by atoms with Crippen LogP contribution in [0, 0.1) is 4.91 Å². The standard InChI is InChI=1S/C25H27N5O3/c1-3-30(33)20-11-7-10-18(14-20)28-21-15-19(12-13-26-21)29-23-22(24(31)25(23)32)27-16(2)17-8-5-4-6-9-17/h3-6,8-9,12-13,15-16,18,20H,1,7,10-11,14H2,2H3,(H2-,26,27,28,29,31,32)/p+1/t16-,18?,20?/m1/s1. The molecule has 1 heterocycles. The van der Waals surface area contributed by atoms with Crippen molar-refractivity contribution >= 4 is 22.9 Å². The van der Waals surface area contributed by atoms with E-state index in [-0.39, 0.29) is 29.5 Å². The van der Waals surface area contributed by atoms with Gasteiger partial charge in [0.1, 0.15) is 17.2 Å². The van der Waals surface area contributed by atoms with Crippen LogP contribution in [0.3, 0.4) is 0 Å². The first-order valence-electron chi connectivity index (χ1n) is 11.2. The number of hydrogen-bond donors (Lipinski definition) is 3. The molecule has 3 atom stereocenters. The first kappa shape index (κ1) is 22.4. The van der Waals surface area contributed by atoms with Gasteiger partial charge in [-0.3, -0.25) is 9.59 Å². The second kappa shape index (κ2) is 9.77. The normalized spacial score (nSPS) is 18.9. The van der Waals surface area contributed by atoms with Crippen molar-refractivity contribution in [3.05, 3.63) is 92.4 Å². The van der Waals surface area contributed by atoms with E-state index in [2.05, 4.69) is 27.5 Å². The molecule has 0 aliphatic heterocycles. The Morgan fingerprint density at radius 2 is 1.88 bits per heavy atom. The third-order valence-corrected chi connectivity index (χ3v) is 6.14. The van der Waals surface area contributed by atoms with E-state index in [1.54, 1.807) is 18.3 Å². The van der Waals surface area contributed by atoms with Crippen LogP contribution in [0.1, 0.15) is 44.2 Å². The van der Waals surface area contributed by atoms with Gasteiger partial charge in [0.15, 0.2) is 0 Å². The van der Waals surface area contributed by atoms with Crippen molar-refractivity contribution in [3.8, 4) is 0 Å². The summed E-state index contributed by atoms with van der Waals surface area (Å²) >= 11 is 0. The van der Waals surface area contributed by atoms with Gasteiger partial charge in [0.2, 0.25) is 12.2 Å². The quantitative estimate of drug-likeness (QED) is 0.334. The summed E-state index contributed by atoms with van der Waals surface area (Å²) in [6.07, 6.45) is 6.42. The molecule has 0 spiro atoms. The van der Waals surface area contributed by atoms with Crippen molar-refractivity contribution in [2.75, 3.05) is 16.0 Å². The molecule has 8 heteroatoms. The van der Waals surface area contributed by atoms with E-state index in [0.717, 1.165) is 29.6 Å². The Morgan fingerprint density at radius 3 is 2.64 bits per heavy atom. The summed E-state index contributed by atoms with van der Waals surface area (Å²) in [6.45, 7) is 5.50. The number of nitrogens with zero attached hydrogens (tertiary/aromatic N) is 2. The molecule has 0 radical (unpaired) electrons. The third kappa shape index (κ3) is 5.00. The van der Waals surface area contributed by atoms with Crippen LogP contribution < -0.4 is 26.8 Å². The highest BCUT2D eigenvalue weighted by Crippen LogP contribution is 2.27. The Balaban J connectivity index is 1.44. The molecule has 8 nitrogen and oxygen atoms in total. The Kier molecular flexibility index (Phi) is 6.63. The summed E-state index contributed by atoms with van der Waals surface area (Å²) in [5.74, 6) is 0.646. The van der Waals surface area contributed by atoms with Gasteiger partial charge in [-0.15, -0.1) is 0 Å². The molecule has 4 rings (SSSR count). The highest BCUT2D eigenvalue weighted by Gasteiger charge is 2.31. The molecule has 1 aliphatic rings. The first-order valence-corrected chi connectivity index (χ1v) is 11.2. The van der Waals surface area contributed by atoms with Gasteiger partial charge >= 0.3 is 0 Å². The van der Waals surface area contributed by atoms with Gasteiger partial charge in [0.25, 0.3) is 10.9 Å². The Morgan fingerprint density at radius 1 is 1.12 bits per heavy atom. The van der Waals surface area contributed by atoms with Gasteiger partial charge in [0, 0.05) is 52.5 Å². The van der Waals surface area contributed by atoms with Crippen molar-refractivity contribution in [1.82, 2.24) is 4.98 Å². The topological polar surface area (TPSA) is 103 Å². The second-order valence-corrected chi connectivity index (χ2v) is 8.44.